The van der Waals surface area contributed by atoms with Crippen LogP contribution in [0.3, 0.4) is 0 Å². The normalized spacial score (nSPS) is 19.1. The molecule has 0 bridgehead atoms. The summed E-state index contributed by atoms with van der Waals surface area (Å²) in [4.78, 5) is 19.2. The molecule has 1 aromatic heterocycles. The molecule has 0 radical (unpaired) electrons. The van der Waals surface area contributed by atoms with Crippen LogP contribution in [0, 0.1) is 5.41 Å². The molecule has 30 heavy (non-hydrogen) atoms. The van der Waals surface area contributed by atoms with E-state index in [0.29, 0.717) is 18.3 Å². The maximum atomic E-state index is 12.3. The van der Waals surface area contributed by atoms with Crippen molar-refractivity contribution in [3.63, 3.8) is 0 Å². The molecule has 0 spiro atoms. The lowest BCUT2D eigenvalue weighted by Crippen LogP contribution is -2.48. The molecule has 3 heterocycles. The fourth-order valence-corrected chi connectivity index (χ4v) is 4.20. The molecule has 2 aromatic rings. The first kappa shape index (κ1) is 21.0. The SMILES string of the molecule is O=C(COCc1nc(-c2ccccc2)no1)NCC1(CN2CCCC2)CCOCC1. The predicted molar refractivity (Wildman–Crippen MR) is 111 cm³/mol. The summed E-state index contributed by atoms with van der Waals surface area (Å²) in [6.45, 7) is 5.63. The molecular weight excluding hydrogens is 384 g/mol. The summed E-state index contributed by atoms with van der Waals surface area (Å²) in [6, 6.07) is 9.60. The number of rotatable bonds is 9. The third kappa shape index (κ3) is 5.65. The minimum atomic E-state index is -0.120. The number of aromatic nitrogens is 2. The van der Waals surface area contributed by atoms with Crippen LogP contribution < -0.4 is 5.32 Å². The van der Waals surface area contributed by atoms with Crippen LogP contribution in [0.2, 0.25) is 0 Å². The van der Waals surface area contributed by atoms with Gasteiger partial charge in [-0.05, 0) is 38.8 Å². The van der Waals surface area contributed by atoms with Gasteiger partial charge in [0.15, 0.2) is 0 Å². The largest absolute Gasteiger partial charge is 0.381 e. The molecule has 1 amide bonds. The average Bonchev–Trinajstić information content (AvgIpc) is 3.46. The van der Waals surface area contributed by atoms with Crippen LogP contribution >= 0.6 is 0 Å². The maximum absolute atomic E-state index is 12.3. The zero-order chi connectivity index (χ0) is 20.7. The number of nitrogens with one attached hydrogen (secondary N) is 1. The zero-order valence-electron chi connectivity index (χ0n) is 17.3. The molecule has 2 aliphatic rings. The molecule has 0 saturated carbocycles. The van der Waals surface area contributed by atoms with Crippen molar-refractivity contribution >= 4 is 5.91 Å². The van der Waals surface area contributed by atoms with Gasteiger partial charge in [0, 0.05) is 37.3 Å². The molecule has 4 rings (SSSR count). The summed E-state index contributed by atoms with van der Waals surface area (Å²) in [5.41, 5.74) is 0.972. The minimum Gasteiger partial charge on any atom is -0.381 e. The van der Waals surface area contributed by atoms with Gasteiger partial charge in [-0.1, -0.05) is 35.5 Å². The second-order valence-electron chi connectivity index (χ2n) is 8.24. The quantitative estimate of drug-likeness (QED) is 0.673. The number of ether oxygens (including phenoxy) is 2. The number of nitrogens with zero attached hydrogens (tertiary/aromatic N) is 3. The molecule has 162 valence electrons. The van der Waals surface area contributed by atoms with Gasteiger partial charge < -0.3 is 24.2 Å². The van der Waals surface area contributed by atoms with E-state index in [-0.39, 0.29) is 24.5 Å². The lowest BCUT2D eigenvalue weighted by atomic mass is 9.79. The fraction of sp³-hybridized carbons (Fsp3) is 0.591. The number of carbonyl (C=O) groups is 1. The summed E-state index contributed by atoms with van der Waals surface area (Å²) in [6.07, 6.45) is 4.51. The third-order valence-corrected chi connectivity index (χ3v) is 5.93. The third-order valence-electron chi connectivity index (χ3n) is 5.93. The van der Waals surface area contributed by atoms with E-state index in [4.69, 9.17) is 14.0 Å². The van der Waals surface area contributed by atoms with E-state index in [1.54, 1.807) is 0 Å². The highest BCUT2D eigenvalue weighted by atomic mass is 16.5. The first-order chi connectivity index (χ1) is 14.7. The van der Waals surface area contributed by atoms with Gasteiger partial charge in [-0.15, -0.1) is 0 Å². The number of carbonyl (C=O) groups excluding carboxylic acids is 1. The molecular formula is C22H30N4O4. The maximum Gasteiger partial charge on any atom is 0.252 e. The zero-order valence-corrected chi connectivity index (χ0v) is 17.3. The van der Waals surface area contributed by atoms with E-state index in [1.807, 2.05) is 30.3 Å². The van der Waals surface area contributed by atoms with Gasteiger partial charge in [-0.2, -0.15) is 4.98 Å². The number of hydrogen-bond acceptors (Lipinski definition) is 7. The highest BCUT2D eigenvalue weighted by Gasteiger charge is 2.35. The Morgan fingerprint density at radius 1 is 1.17 bits per heavy atom. The molecule has 8 heteroatoms. The Morgan fingerprint density at radius 2 is 1.93 bits per heavy atom. The highest BCUT2D eigenvalue weighted by Crippen LogP contribution is 2.32. The lowest BCUT2D eigenvalue weighted by Gasteiger charge is -2.40. The van der Waals surface area contributed by atoms with Gasteiger partial charge in [0.1, 0.15) is 13.2 Å². The summed E-state index contributed by atoms with van der Waals surface area (Å²) in [5.74, 6) is 0.753. The van der Waals surface area contributed by atoms with Crippen molar-refractivity contribution < 1.29 is 18.8 Å². The van der Waals surface area contributed by atoms with Crippen molar-refractivity contribution in [2.24, 2.45) is 5.41 Å². The van der Waals surface area contributed by atoms with Gasteiger partial charge in [-0.3, -0.25) is 4.79 Å². The first-order valence-corrected chi connectivity index (χ1v) is 10.8. The van der Waals surface area contributed by atoms with Crippen molar-refractivity contribution in [3.05, 3.63) is 36.2 Å². The van der Waals surface area contributed by atoms with Crippen LogP contribution in [0.25, 0.3) is 11.4 Å². The Morgan fingerprint density at radius 3 is 2.70 bits per heavy atom. The summed E-state index contributed by atoms with van der Waals surface area (Å²) in [7, 11) is 0. The fourth-order valence-electron chi connectivity index (χ4n) is 4.20. The van der Waals surface area contributed by atoms with Gasteiger partial charge in [0.05, 0.1) is 0 Å². The summed E-state index contributed by atoms with van der Waals surface area (Å²) < 4.78 is 16.3. The van der Waals surface area contributed by atoms with Crippen LogP contribution in [0.1, 0.15) is 31.6 Å². The van der Waals surface area contributed by atoms with Crippen LogP contribution in [-0.2, 0) is 20.9 Å². The molecule has 2 saturated heterocycles. The minimum absolute atomic E-state index is 0.0284. The van der Waals surface area contributed by atoms with Crippen LogP contribution in [0.4, 0.5) is 0 Å². The van der Waals surface area contributed by atoms with Crippen molar-refractivity contribution in [1.82, 2.24) is 20.4 Å². The van der Waals surface area contributed by atoms with Gasteiger partial charge in [0.25, 0.3) is 5.89 Å². The molecule has 2 aliphatic heterocycles. The second kappa shape index (κ2) is 10.1. The monoisotopic (exact) mass is 414 g/mol. The Bertz CT molecular complexity index is 798. The van der Waals surface area contributed by atoms with E-state index in [1.165, 1.54) is 12.8 Å². The smallest absolute Gasteiger partial charge is 0.252 e. The summed E-state index contributed by atoms with van der Waals surface area (Å²) in [5, 5.41) is 7.03. The van der Waals surface area contributed by atoms with Crippen LogP contribution in [0.5, 0.6) is 0 Å². The van der Waals surface area contributed by atoms with Crippen molar-refractivity contribution in [1.29, 1.82) is 0 Å². The standard InChI is InChI=1S/C22H30N4O4/c27-19(14-29-15-20-24-21(25-30-20)18-6-2-1-3-7-18)23-16-22(8-12-28-13-9-22)17-26-10-4-5-11-26/h1-3,6-7H,4-5,8-17H2,(H,23,27). The van der Waals surface area contributed by atoms with E-state index < -0.39 is 0 Å². The molecule has 0 atom stereocenters. The Hall–Kier alpha value is -2.29. The van der Waals surface area contributed by atoms with Crippen molar-refractivity contribution in [3.8, 4) is 11.4 Å². The number of benzene rings is 1. The molecule has 0 aliphatic carbocycles. The Balaban J connectivity index is 1.22. The molecule has 0 unspecified atom stereocenters. The summed E-state index contributed by atoms with van der Waals surface area (Å²) >= 11 is 0. The highest BCUT2D eigenvalue weighted by molar-refractivity contribution is 5.77. The second-order valence-corrected chi connectivity index (χ2v) is 8.24. The van der Waals surface area contributed by atoms with E-state index in [2.05, 4.69) is 20.4 Å². The van der Waals surface area contributed by atoms with Gasteiger partial charge in [0.2, 0.25) is 11.7 Å². The average molecular weight is 415 g/mol. The Labute approximate surface area is 176 Å². The predicted octanol–water partition coefficient (Wildman–Crippen LogP) is 2.26. The molecule has 2 fully saturated rings. The van der Waals surface area contributed by atoms with Crippen LogP contribution in [-0.4, -0.2) is 66.9 Å². The van der Waals surface area contributed by atoms with E-state index in [9.17, 15) is 4.79 Å². The topological polar surface area (TPSA) is 89.7 Å². The van der Waals surface area contributed by atoms with Crippen LogP contribution in [0.15, 0.2) is 34.9 Å². The number of likely N-dealkylation sites (tertiary alicyclic amines) is 1. The number of hydrogen-bond donors (Lipinski definition) is 1. The molecule has 1 aromatic carbocycles. The molecule has 1 N–H and O–H groups in total. The van der Waals surface area contributed by atoms with Crippen molar-refractivity contribution in [2.45, 2.75) is 32.3 Å². The number of amides is 1. The van der Waals surface area contributed by atoms with Crippen molar-refractivity contribution in [2.75, 3.05) is 46.0 Å². The molecule has 8 nitrogen and oxygen atoms in total. The van der Waals surface area contributed by atoms with Gasteiger partial charge in [-0.25, -0.2) is 0 Å². The first-order valence-electron chi connectivity index (χ1n) is 10.8. The van der Waals surface area contributed by atoms with Gasteiger partial charge >= 0.3 is 0 Å². The Kier molecular flexibility index (Phi) is 7.09. The lowest BCUT2D eigenvalue weighted by molar-refractivity contribution is -0.127. The van der Waals surface area contributed by atoms with E-state index >= 15 is 0 Å². The van der Waals surface area contributed by atoms with E-state index in [0.717, 1.165) is 51.3 Å².